The van der Waals surface area contributed by atoms with Gasteiger partial charge in [0.2, 0.25) is 5.75 Å². The van der Waals surface area contributed by atoms with E-state index in [9.17, 15) is 20.0 Å². The maximum absolute atomic E-state index is 12.0. The Morgan fingerprint density at radius 3 is 2.80 bits per heavy atom. The number of phenols is 1. The zero-order chi connectivity index (χ0) is 14.7. The van der Waals surface area contributed by atoms with Crippen LogP contribution >= 0.6 is 0 Å². The lowest BCUT2D eigenvalue weighted by Crippen LogP contribution is -2.12. The second kappa shape index (κ2) is 5.35. The summed E-state index contributed by atoms with van der Waals surface area (Å²) in [4.78, 5) is 25.9. The second-order valence-electron chi connectivity index (χ2n) is 4.14. The van der Waals surface area contributed by atoms with Gasteiger partial charge in [0.15, 0.2) is 0 Å². The fourth-order valence-corrected chi connectivity index (χ4v) is 1.68. The van der Waals surface area contributed by atoms with Crippen LogP contribution in [-0.2, 0) is 0 Å². The quantitative estimate of drug-likeness (QED) is 0.659. The molecule has 0 radical (unpaired) electrons. The predicted molar refractivity (Wildman–Crippen MR) is 71.7 cm³/mol. The number of aromatic hydroxyl groups is 1. The summed E-state index contributed by atoms with van der Waals surface area (Å²) >= 11 is 0. The van der Waals surface area contributed by atoms with Gasteiger partial charge in [0.1, 0.15) is 0 Å². The van der Waals surface area contributed by atoms with Crippen LogP contribution in [0.2, 0.25) is 0 Å². The molecule has 20 heavy (non-hydrogen) atoms. The van der Waals surface area contributed by atoms with Crippen LogP contribution < -0.4 is 5.32 Å². The third-order valence-electron chi connectivity index (χ3n) is 2.59. The molecule has 1 amide bonds. The number of carbonyl (C=O) groups is 1. The van der Waals surface area contributed by atoms with Gasteiger partial charge in [-0.3, -0.25) is 19.9 Å². The largest absolute Gasteiger partial charge is 0.502 e. The highest BCUT2D eigenvalue weighted by atomic mass is 16.6. The van der Waals surface area contributed by atoms with Crippen molar-refractivity contribution in [3.8, 4) is 5.75 Å². The Balaban J connectivity index is 2.30. The van der Waals surface area contributed by atoms with Gasteiger partial charge in [0, 0.05) is 12.3 Å². The summed E-state index contributed by atoms with van der Waals surface area (Å²) in [5.74, 6) is -1.30. The van der Waals surface area contributed by atoms with Crippen LogP contribution in [0.3, 0.4) is 0 Å². The van der Waals surface area contributed by atoms with E-state index in [2.05, 4.69) is 10.3 Å². The number of aromatic nitrogens is 1. The minimum absolute atomic E-state index is 0.166. The molecule has 0 aliphatic carbocycles. The molecule has 0 fully saturated rings. The van der Waals surface area contributed by atoms with Gasteiger partial charge < -0.3 is 10.4 Å². The van der Waals surface area contributed by atoms with Crippen molar-refractivity contribution in [2.24, 2.45) is 0 Å². The third-order valence-corrected chi connectivity index (χ3v) is 2.59. The van der Waals surface area contributed by atoms with E-state index >= 15 is 0 Å². The van der Waals surface area contributed by atoms with Crippen molar-refractivity contribution in [3.63, 3.8) is 0 Å². The maximum atomic E-state index is 12.0. The number of nitrogens with one attached hydrogen (secondary N) is 1. The summed E-state index contributed by atoms with van der Waals surface area (Å²) in [6.45, 7) is 1.81. The van der Waals surface area contributed by atoms with Crippen LogP contribution in [0, 0.1) is 17.0 Å². The summed E-state index contributed by atoms with van der Waals surface area (Å²) in [6, 6.07) is 5.46. The number of anilines is 1. The van der Waals surface area contributed by atoms with Crippen LogP contribution in [0.1, 0.15) is 15.9 Å². The van der Waals surface area contributed by atoms with E-state index in [4.69, 9.17) is 0 Å². The monoisotopic (exact) mass is 273 g/mol. The average Bonchev–Trinajstić information content (AvgIpc) is 2.38. The zero-order valence-corrected chi connectivity index (χ0v) is 10.5. The molecular weight excluding hydrogens is 262 g/mol. The van der Waals surface area contributed by atoms with Gasteiger partial charge in [0.05, 0.1) is 22.4 Å². The number of rotatable bonds is 3. The molecule has 0 aliphatic heterocycles. The summed E-state index contributed by atoms with van der Waals surface area (Å²) in [7, 11) is 0. The molecule has 102 valence electrons. The Labute approximate surface area is 114 Å². The normalized spacial score (nSPS) is 10.1. The molecule has 0 saturated heterocycles. The Bertz CT molecular complexity index is 685. The van der Waals surface area contributed by atoms with E-state index in [1.807, 2.05) is 6.92 Å². The zero-order valence-electron chi connectivity index (χ0n) is 10.5. The van der Waals surface area contributed by atoms with E-state index in [0.717, 1.165) is 11.6 Å². The topological polar surface area (TPSA) is 105 Å². The van der Waals surface area contributed by atoms with Gasteiger partial charge in [-0.05, 0) is 24.6 Å². The number of phenolic OH excluding ortho intramolecular Hbond substituents is 1. The van der Waals surface area contributed by atoms with E-state index in [-0.39, 0.29) is 5.56 Å². The van der Waals surface area contributed by atoms with Crippen molar-refractivity contribution in [3.05, 3.63) is 57.9 Å². The fraction of sp³-hybridized carbons (Fsp3) is 0.0769. The molecule has 1 aromatic heterocycles. The number of pyridine rings is 1. The molecule has 0 spiro atoms. The lowest BCUT2D eigenvalue weighted by molar-refractivity contribution is -0.385. The number of carbonyl (C=O) groups excluding carboxylic acids is 1. The van der Waals surface area contributed by atoms with E-state index in [1.54, 1.807) is 12.3 Å². The number of nitro groups is 1. The molecule has 0 aliphatic rings. The first kappa shape index (κ1) is 13.5. The standard InChI is InChI=1S/C13H11N3O4/c1-8-5-9(7-14-6-8)15-13(18)10-3-2-4-11(12(10)17)16(19)20/h2-7,17H,1H3,(H,15,18). The van der Waals surface area contributed by atoms with Crippen molar-refractivity contribution >= 4 is 17.3 Å². The second-order valence-corrected chi connectivity index (χ2v) is 4.14. The van der Waals surface area contributed by atoms with E-state index in [0.29, 0.717) is 5.69 Å². The van der Waals surface area contributed by atoms with Crippen LogP contribution in [0.5, 0.6) is 5.75 Å². The summed E-state index contributed by atoms with van der Waals surface area (Å²) in [5.41, 5.74) is 0.618. The third kappa shape index (κ3) is 2.72. The fourth-order valence-electron chi connectivity index (χ4n) is 1.68. The van der Waals surface area contributed by atoms with E-state index in [1.165, 1.54) is 18.3 Å². The highest BCUT2D eigenvalue weighted by Gasteiger charge is 2.20. The molecular formula is C13H11N3O4. The predicted octanol–water partition coefficient (Wildman–Crippen LogP) is 2.26. The molecule has 1 aromatic carbocycles. The molecule has 0 bridgehead atoms. The number of nitro benzene ring substituents is 1. The molecule has 0 saturated carbocycles. The highest BCUT2D eigenvalue weighted by molar-refractivity contribution is 6.06. The number of hydrogen-bond acceptors (Lipinski definition) is 5. The Hall–Kier alpha value is -2.96. The molecule has 7 nitrogen and oxygen atoms in total. The molecule has 2 N–H and O–H groups in total. The number of amides is 1. The van der Waals surface area contributed by atoms with Crippen molar-refractivity contribution < 1.29 is 14.8 Å². The number of nitrogens with zero attached hydrogens (tertiary/aromatic N) is 2. The highest BCUT2D eigenvalue weighted by Crippen LogP contribution is 2.29. The molecule has 2 aromatic rings. The SMILES string of the molecule is Cc1cncc(NC(=O)c2cccc([N+](=O)[O-])c2O)c1. The molecule has 1 heterocycles. The van der Waals surface area contributed by atoms with Crippen LogP contribution in [-0.4, -0.2) is 20.9 Å². The Kier molecular flexibility index (Phi) is 3.60. The average molecular weight is 273 g/mol. The van der Waals surface area contributed by atoms with Gasteiger partial charge in [-0.15, -0.1) is 0 Å². The Morgan fingerprint density at radius 2 is 2.15 bits per heavy atom. The minimum Gasteiger partial charge on any atom is -0.502 e. The van der Waals surface area contributed by atoms with Crippen molar-refractivity contribution in [2.45, 2.75) is 6.92 Å². The van der Waals surface area contributed by atoms with Crippen molar-refractivity contribution in [2.75, 3.05) is 5.32 Å². The lowest BCUT2D eigenvalue weighted by atomic mass is 10.1. The van der Waals surface area contributed by atoms with Crippen LogP contribution in [0.4, 0.5) is 11.4 Å². The van der Waals surface area contributed by atoms with E-state index < -0.39 is 22.3 Å². The maximum Gasteiger partial charge on any atom is 0.311 e. The van der Waals surface area contributed by atoms with Crippen molar-refractivity contribution in [1.29, 1.82) is 0 Å². The number of para-hydroxylation sites is 1. The van der Waals surface area contributed by atoms with Gasteiger partial charge in [-0.2, -0.15) is 0 Å². The van der Waals surface area contributed by atoms with Crippen molar-refractivity contribution in [1.82, 2.24) is 4.98 Å². The number of benzene rings is 1. The Morgan fingerprint density at radius 1 is 1.40 bits per heavy atom. The number of aryl methyl sites for hydroxylation is 1. The first-order valence-electron chi connectivity index (χ1n) is 5.68. The lowest BCUT2D eigenvalue weighted by Gasteiger charge is -2.07. The molecule has 0 atom stereocenters. The summed E-state index contributed by atoms with van der Waals surface area (Å²) in [6.07, 6.45) is 3.07. The summed E-state index contributed by atoms with van der Waals surface area (Å²) in [5, 5.41) is 23.0. The van der Waals surface area contributed by atoms with Gasteiger partial charge in [0.25, 0.3) is 5.91 Å². The first-order chi connectivity index (χ1) is 9.49. The van der Waals surface area contributed by atoms with Crippen LogP contribution in [0.25, 0.3) is 0 Å². The van der Waals surface area contributed by atoms with Gasteiger partial charge in [-0.1, -0.05) is 6.07 Å². The first-order valence-corrected chi connectivity index (χ1v) is 5.68. The molecule has 0 unspecified atom stereocenters. The minimum atomic E-state index is -0.750. The summed E-state index contributed by atoms with van der Waals surface area (Å²) < 4.78 is 0. The van der Waals surface area contributed by atoms with Gasteiger partial charge in [-0.25, -0.2) is 0 Å². The number of hydrogen-bond donors (Lipinski definition) is 2. The molecule has 7 heteroatoms. The van der Waals surface area contributed by atoms with Gasteiger partial charge >= 0.3 is 5.69 Å². The molecule has 2 rings (SSSR count). The van der Waals surface area contributed by atoms with Crippen LogP contribution in [0.15, 0.2) is 36.7 Å². The smallest absolute Gasteiger partial charge is 0.311 e.